The highest BCUT2D eigenvalue weighted by Gasteiger charge is 1.65. The number of hydrogen-bond acceptors (Lipinski definition) is 1. The summed E-state index contributed by atoms with van der Waals surface area (Å²) in [4.78, 5) is 9.00. The fourth-order valence-electron chi connectivity index (χ4n) is 0. The first-order valence-electron chi connectivity index (χ1n) is 3.97. The first kappa shape index (κ1) is 17.2. The van der Waals surface area contributed by atoms with Crippen LogP contribution >= 0.6 is 0 Å². The SMILES string of the molecule is C=CCC.C=CCC.CC(=O)O. The molecule has 0 bridgehead atoms. The van der Waals surface area contributed by atoms with Crippen molar-refractivity contribution in [3.05, 3.63) is 25.3 Å². The first-order valence-corrected chi connectivity index (χ1v) is 3.97. The fraction of sp³-hybridized carbons (Fsp3) is 0.500. The number of carboxylic acid groups (broad SMARTS) is 1. The van der Waals surface area contributed by atoms with E-state index >= 15 is 0 Å². The van der Waals surface area contributed by atoms with Crippen LogP contribution in [0, 0.1) is 0 Å². The Balaban J connectivity index is -0.000000101. The van der Waals surface area contributed by atoms with Crippen molar-refractivity contribution < 1.29 is 9.90 Å². The molecule has 0 aromatic carbocycles. The second-order valence-electron chi connectivity index (χ2n) is 1.91. The zero-order valence-corrected chi connectivity index (χ0v) is 8.34. The molecule has 0 rings (SSSR count). The summed E-state index contributed by atoms with van der Waals surface area (Å²) >= 11 is 0. The molecule has 0 radical (unpaired) electrons. The second kappa shape index (κ2) is 22.5. The third-order valence-corrected chi connectivity index (χ3v) is 0.577. The maximum Gasteiger partial charge on any atom is 0.300 e. The lowest BCUT2D eigenvalue weighted by Crippen LogP contribution is -1.78. The highest BCUT2D eigenvalue weighted by molar-refractivity contribution is 5.62. The molecule has 0 aliphatic rings. The molecule has 0 fully saturated rings. The third-order valence-electron chi connectivity index (χ3n) is 0.577. The Morgan fingerprint density at radius 3 is 1.33 bits per heavy atom. The lowest BCUT2D eigenvalue weighted by molar-refractivity contribution is -0.134. The number of carbonyl (C=O) groups is 1. The summed E-state index contributed by atoms with van der Waals surface area (Å²) in [7, 11) is 0. The van der Waals surface area contributed by atoms with Gasteiger partial charge in [-0.1, -0.05) is 26.0 Å². The van der Waals surface area contributed by atoms with E-state index in [9.17, 15) is 0 Å². The molecule has 0 atom stereocenters. The Hall–Kier alpha value is -1.05. The minimum absolute atomic E-state index is 0.833. The summed E-state index contributed by atoms with van der Waals surface area (Å²) in [6, 6.07) is 0. The Morgan fingerprint density at radius 1 is 1.25 bits per heavy atom. The average molecular weight is 172 g/mol. The van der Waals surface area contributed by atoms with Crippen LogP contribution in [-0.4, -0.2) is 11.1 Å². The predicted molar refractivity (Wildman–Crippen MR) is 54.3 cm³/mol. The molecule has 12 heavy (non-hydrogen) atoms. The average Bonchev–Trinajstić information content (AvgIpc) is 2.03. The minimum atomic E-state index is -0.833. The Morgan fingerprint density at radius 2 is 1.33 bits per heavy atom. The summed E-state index contributed by atoms with van der Waals surface area (Å²) in [5, 5.41) is 7.42. The Bertz CT molecular complexity index is 94.4. The molecular weight excluding hydrogens is 152 g/mol. The van der Waals surface area contributed by atoms with E-state index in [0.717, 1.165) is 19.8 Å². The van der Waals surface area contributed by atoms with Crippen molar-refractivity contribution >= 4 is 5.97 Å². The van der Waals surface area contributed by atoms with Crippen molar-refractivity contribution in [2.24, 2.45) is 0 Å². The van der Waals surface area contributed by atoms with E-state index in [2.05, 4.69) is 27.0 Å². The topological polar surface area (TPSA) is 37.3 Å². The number of allylic oxidation sites excluding steroid dienone is 2. The van der Waals surface area contributed by atoms with Gasteiger partial charge in [-0.15, -0.1) is 13.2 Å². The molecule has 2 nitrogen and oxygen atoms in total. The summed E-state index contributed by atoms with van der Waals surface area (Å²) < 4.78 is 0. The number of aliphatic carboxylic acids is 1. The van der Waals surface area contributed by atoms with Gasteiger partial charge in [-0.05, 0) is 12.8 Å². The summed E-state index contributed by atoms with van der Waals surface area (Å²) in [5.74, 6) is -0.833. The van der Waals surface area contributed by atoms with E-state index in [1.54, 1.807) is 0 Å². The van der Waals surface area contributed by atoms with Crippen LogP contribution in [0.5, 0.6) is 0 Å². The van der Waals surface area contributed by atoms with Gasteiger partial charge in [0.1, 0.15) is 0 Å². The van der Waals surface area contributed by atoms with Crippen LogP contribution < -0.4 is 0 Å². The lowest BCUT2D eigenvalue weighted by atomic mass is 10.5. The molecule has 0 heterocycles. The molecule has 0 saturated heterocycles. The van der Waals surface area contributed by atoms with Gasteiger partial charge in [-0.2, -0.15) is 0 Å². The van der Waals surface area contributed by atoms with Gasteiger partial charge in [0, 0.05) is 6.92 Å². The molecular formula is C10H20O2. The molecule has 0 saturated carbocycles. The van der Waals surface area contributed by atoms with Crippen LogP contribution in [0.1, 0.15) is 33.6 Å². The van der Waals surface area contributed by atoms with Crippen molar-refractivity contribution in [3.8, 4) is 0 Å². The van der Waals surface area contributed by atoms with Crippen LogP contribution in [0.3, 0.4) is 0 Å². The quantitative estimate of drug-likeness (QED) is 0.649. The van der Waals surface area contributed by atoms with E-state index in [4.69, 9.17) is 9.90 Å². The molecule has 0 unspecified atom stereocenters. The smallest absolute Gasteiger partial charge is 0.300 e. The highest BCUT2D eigenvalue weighted by Crippen LogP contribution is 1.66. The summed E-state index contributed by atoms with van der Waals surface area (Å²) in [6.45, 7) is 12.2. The standard InChI is InChI=1S/2C4H8.C2H4O2/c2*1-3-4-2;1-2(3)4/h2*3H,1,4H2,2H3;1H3,(H,3,4). The Kier molecular flexibility index (Phi) is 32.2. The third kappa shape index (κ3) is 627. The summed E-state index contributed by atoms with van der Waals surface area (Å²) in [6.07, 6.45) is 5.92. The molecule has 1 N–H and O–H groups in total. The van der Waals surface area contributed by atoms with E-state index in [1.165, 1.54) is 0 Å². The van der Waals surface area contributed by atoms with Crippen LogP contribution in [0.15, 0.2) is 25.3 Å². The zero-order chi connectivity index (χ0) is 10.4. The fourth-order valence-corrected chi connectivity index (χ4v) is 0. The van der Waals surface area contributed by atoms with Crippen LogP contribution in [0.2, 0.25) is 0 Å². The zero-order valence-electron chi connectivity index (χ0n) is 8.34. The molecule has 0 aromatic rings. The summed E-state index contributed by atoms with van der Waals surface area (Å²) in [5.41, 5.74) is 0. The molecule has 2 heteroatoms. The molecule has 0 spiro atoms. The van der Waals surface area contributed by atoms with E-state index < -0.39 is 5.97 Å². The lowest BCUT2D eigenvalue weighted by Gasteiger charge is -1.59. The largest absolute Gasteiger partial charge is 0.481 e. The van der Waals surface area contributed by atoms with Crippen LogP contribution in [-0.2, 0) is 4.79 Å². The van der Waals surface area contributed by atoms with Crippen molar-refractivity contribution in [1.29, 1.82) is 0 Å². The molecule has 0 amide bonds. The van der Waals surface area contributed by atoms with Gasteiger partial charge in [0.15, 0.2) is 0 Å². The maximum atomic E-state index is 9.00. The van der Waals surface area contributed by atoms with Crippen molar-refractivity contribution in [1.82, 2.24) is 0 Å². The second-order valence-corrected chi connectivity index (χ2v) is 1.91. The van der Waals surface area contributed by atoms with E-state index in [-0.39, 0.29) is 0 Å². The van der Waals surface area contributed by atoms with Gasteiger partial charge < -0.3 is 5.11 Å². The van der Waals surface area contributed by atoms with Gasteiger partial charge in [0.2, 0.25) is 0 Å². The van der Waals surface area contributed by atoms with E-state index in [1.807, 2.05) is 12.2 Å². The number of carboxylic acids is 1. The van der Waals surface area contributed by atoms with Gasteiger partial charge >= 0.3 is 0 Å². The van der Waals surface area contributed by atoms with Crippen LogP contribution in [0.25, 0.3) is 0 Å². The minimum Gasteiger partial charge on any atom is -0.481 e. The molecule has 0 aliphatic carbocycles. The van der Waals surface area contributed by atoms with Crippen molar-refractivity contribution in [2.75, 3.05) is 0 Å². The highest BCUT2D eigenvalue weighted by atomic mass is 16.4. The number of hydrogen-bond donors (Lipinski definition) is 1. The van der Waals surface area contributed by atoms with Crippen molar-refractivity contribution in [2.45, 2.75) is 33.6 Å². The number of rotatable bonds is 2. The molecule has 0 aromatic heterocycles. The molecule has 0 aliphatic heterocycles. The Labute approximate surface area is 75.6 Å². The first-order chi connectivity index (χ1) is 5.56. The van der Waals surface area contributed by atoms with Gasteiger partial charge in [-0.3, -0.25) is 4.79 Å². The van der Waals surface area contributed by atoms with Gasteiger partial charge in [0.25, 0.3) is 5.97 Å². The van der Waals surface area contributed by atoms with Crippen molar-refractivity contribution in [3.63, 3.8) is 0 Å². The predicted octanol–water partition coefficient (Wildman–Crippen LogP) is 3.26. The van der Waals surface area contributed by atoms with Gasteiger partial charge in [-0.25, -0.2) is 0 Å². The maximum absolute atomic E-state index is 9.00. The van der Waals surface area contributed by atoms with Gasteiger partial charge in [0.05, 0.1) is 0 Å². The van der Waals surface area contributed by atoms with E-state index in [0.29, 0.717) is 0 Å². The monoisotopic (exact) mass is 172 g/mol. The van der Waals surface area contributed by atoms with Crippen LogP contribution in [0.4, 0.5) is 0 Å². The molecule has 72 valence electrons. The normalized spacial score (nSPS) is 6.25.